The van der Waals surface area contributed by atoms with Crippen LogP contribution in [-0.2, 0) is 0 Å². The number of rotatable bonds is 0. The van der Waals surface area contributed by atoms with E-state index in [0.717, 1.165) is 4.47 Å². The number of aromatic nitrogens is 1. The van der Waals surface area contributed by atoms with Crippen LogP contribution in [0.4, 0.5) is 5.82 Å². The molecule has 2 N–H and O–H groups in total. The van der Waals surface area contributed by atoms with E-state index in [4.69, 9.17) is 11.0 Å². The topological polar surface area (TPSA) is 62.7 Å². The summed E-state index contributed by atoms with van der Waals surface area (Å²) in [4.78, 5) is 3.81. The summed E-state index contributed by atoms with van der Waals surface area (Å²) in [6.07, 6.45) is 1.66. The van der Waals surface area contributed by atoms with Crippen molar-refractivity contribution < 1.29 is 0 Å². The molecule has 4 heteroatoms. The molecule has 0 aliphatic carbocycles. The Morgan fingerprint density at radius 3 is 2.40 bits per heavy atom. The molecule has 0 unspecified atom stereocenters. The van der Waals surface area contributed by atoms with Crippen LogP contribution in [0.15, 0.2) is 22.8 Å². The number of anilines is 1. The Morgan fingerprint density at radius 1 is 1.50 bits per heavy atom. The number of hydrogen-bond acceptors (Lipinski definition) is 3. The molecule has 0 aromatic carbocycles. The second kappa shape index (κ2) is 4.77. The molecule has 0 fully saturated rings. The third-order valence-electron chi connectivity index (χ3n) is 0.750. The number of nitrogens with two attached hydrogens (primary N) is 1. The Bertz CT molecular complexity index is 183. The van der Waals surface area contributed by atoms with Crippen LogP contribution >= 0.6 is 15.9 Å². The standard InChI is InChI=1S/C5H5BrN2.CHN/c6-4-1-2-5(7)8-3-4;1-2/h1-3H,(H2,7,8);1H. The van der Waals surface area contributed by atoms with Crippen LogP contribution in [0.25, 0.3) is 0 Å². The highest BCUT2D eigenvalue weighted by Gasteiger charge is 1.83. The normalized spacial score (nSPS) is 7.50. The first kappa shape index (κ1) is 8.92. The molecule has 3 nitrogen and oxygen atoms in total. The number of nitrogens with zero attached hydrogens (tertiary/aromatic N) is 2. The Labute approximate surface area is 67.6 Å². The van der Waals surface area contributed by atoms with E-state index < -0.39 is 0 Å². The maximum atomic E-state index is 6.50. The summed E-state index contributed by atoms with van der Waals surface area (Å²) >= 11 is 3.23. The second-order valence-electron chi connectivity index (χ2n) is 1.40. The van der Waals surface area contributed by atoms with Crippen molar-refractivity contribution in [3.05, 3.63) is 22.8 Å². The van der Waals surface area contributed by atoms with Crippen molar-refractivity contribution in [2.24, 2.45) is 0 Å². The molecular formula is C6H6BrN3. The lowest BCUT2D eigenvalue weighted by Crippen LogP contribution is -1.86. The van der Waals surface area contributed by atoms with Gasteiger partial charge in [0.1, 0.15) is 5.82 Å². The van der Waals surface area contributed by atoms with Gasteiger partial charge in [-0.2, -0.15) is 0 Å². The smallest absolute Gasteiger partial charge is 0.123 e. The summed E-state index contributed by atoms with van der Waals surface area (Å²) in [7, 11) is 0. The predicted octanol–water partition coefficient (Wildman–Crippen LogP) is 1.57. The molecule has 1 aromatic heterocycles. The molecule has 0 amide bonds. The van der Waals surface area contributed by atoms with Gasteiger partial charge in [0.05, 0.1) is 0 Å². The van der Waals surface area contributed by atoms with Gasteiger partial charge in [0.25, 0.3) is 0 Å². The van der Waals surface area contributed by atoms with E-state index in [9.17, 15) is 0 Å². The lowest BCUT2D eigenvalue weighted by molar-refractivity contribution is 1.32. The molecule has 0 aliphatic rings. The molecule has 1 rings (SSSR count). The number of hydrogen-bond donors (Lipinski definition) is 1. The molecule has 0 bridgehead atoms. The average molecular weight is 200 g/mol. The minimum absolute atomic E-state index is 0.549. The SMILES string of the molecule is C#N.Nc1ccc(Br)cn1. The average Bonchev–Trinajstić information content (AvgIpc) is 2.00. The van der Waals surface area contributed by atoms with E-state index in [1.807, 2.05) is 6.07 Å². The number of pyridine rings is 1. The zero-order valence-electron chi connectivity index (χ0n) is 5.16. The quantitative estimate of drug-likeness (QED) is 0.691. The third-order valence-corrected chi connectivity index (χ3v) is 1.22. The van der Waals surface area contributed by atoms with Gasteiger partial charge >= 0.3 is 0 Å². The van der Waals surface area contributed by atoms with E-state index in [-0.39, 0.29) is 0 Å². The van der Waals surface area contributed by atoms with Crippen molar-refractivity contribution in [1.82, 2.24) is 4.98 Å². The van der Waals surface area contributed by atoms with Crippen molar-refractivity contribution in [3.63, 3.8) is 0 Å². The molecule has 0 atom stereocenters. The first-order chi connectivity index (χ1) is 4.79. The molecular weight excluding hydrogens is 194 g/mol. The maximum absolute atomic E-state index is 6.50. The first-order valence-corrected chi connectivity index (χ1v) is 3.21. The van der Waals surface area contributed by atoms with Gasteiger partial charge in [-0.15, -0.1) is 0 Å². The van der Waals surface area contributed by atoms with E-state index >= 15 is 0 Å². The van der Waals surface area contributed by atoms with Crippen LogP contribution in [0.3, 0.4) is 0 Å². The molecule has 10 heavy (non-hydrogen) atoms. The Hall–Kier alpha value is -1.08. The Balaban J connectivity index is 0.000000371. The van der Waals surface area contributed by atoms with Gasteiger partial charge in [0.15, 0.2) is 0 Å². The fraction of sp³-hybridized carbons (Fsp3) is 0. The van der Waals surface area contributed by atoms with Gasteiger partial charge in [-0.25, -0.2) is 10.2 Å². The molecule has 0 aliphatic heterocycles. The summed E-state index contributed by atoms with van der Waals surface area (Å²) in [5.74, 6) is 0.549. The monoisotopic (exact) mass is 199 g/mol. The lowest BCUT2D eigenvalue weighted by Gasteiger charge is -1.88. The minimum atomic E-state index is 0.549. The van der Waals surface area contributed by atoms with Gasteiger partial charge in [-0.1, -0.05) is 0 Å². The second-order valence-corrected chi connectivity index (χ2v) is 2.32. The highest BCUT2D eigenvalue weighted by atomic mass is 79.9. The van der Waals surface area contributed by atoms with Crippen LogP contribution in [0.5, 0.6) is 0 Å². The summed E-state index contributed by atoms with van der Waals surface area (Å²) in [5.41, 5.74) is 5.29. The van der Waals surface area contributed by atoms with Crippen molar-refractivity contribution in [3.8, 4) is 6.57 Å². The van der Waals surface area contributed by atoms with Gasteiger partial charge < -0.3 is 5.73 Å². The van der Waals surface area contributed by atoms with Crippen molar-refractivity contribution in [2.45, 2.75) is 0 Å². The van der Waals surface area contributed by atoms with E-state index in [2.05, 4.69) is 27.5 Å². The van der Waals surface area contributed by atoms with Crippen molar-refractivity contribution >= 4 is 21.7 Å². The molecule has 0 saturated carbocycles. The molecule has 52 valence electrons. The van der Waals surface area contributed by atoms with Crippen LogP contribution in [0.2, 0.25) is 0 Å². The van der Waals surface area contributed by atoms with Gasteiger partial charge in [-0.3, -0.25) is 0 Å². The third kappa shape index (κ3) is 3.05. The van der Waals surface area contributed by atoms with Crippen molar-refractivity contribution in [1.29, 1.82) is 5.26 Å². The predicted molar refractivity (Wildman–Crippen MR) is 43.0 cm³/mol. The Morgan fingerprint density at radius 2 is 2.10 bits per heavy atom. The fourth-order valence-electron chi connectivity index (χ4n) is 0.387. The number of nitrogen functional groups attached to an aromatic ring is 1. The largest absolute Gasteiger partial charge is 0.384 e. The summed E-state index contributed by atoms with van der Waals surface area (Å²) in [5, 5.41) is 6.50. The first-order valence-electron chi connectivity index (χ1n) is 2.42. The molecule has 1 aromatic rings. The van der Waals surface area contributed by atoms with E-state index in [1.165, 1.54) is 0 Å². The van der Waals surface area contributed by atoms with Gasteiger partial charge in [-0.05, 0) is 28.1 Å². The fourth-order valence-corrected chi connectivity index (χ4v) is 0.622. The highest BCUT2D eigenvalue weighted by Crippen LogP contribution is 2.07. The maximum Gasteiger partial charge on any atom is 0.123 e. The summed E-state index contributed by atoms with van der Waals surface area (Å²) in [6.45, 7) is 3.50. The Kier molecular flexibility index (Phi) is 4.25. The van der Waals surface area contributed by atoms with Crippen LogP contribution in [0.1, 0.15) is 0 Å². The highest BCUT2D eigenvalue weighted by molar-refractivity contribution is 9.10. The van der Waals surface area contributed by atoms with Gasteiger partial charge in [0.2, 0.25) is 0 Å². The minimum Gasteiger partial charge on any atom is -0.384 e. The van der Waals surface area contributed by atoms with Crippen molar-refractivity contribution in [2.75, 3.05) is 5.73 Å². The number of halogens is 1. The van der Waals surface area contributed by atoms with Gasteiger partial charge in [0, 0.05) is 17.2 Å². The van der Waals surface area contributed by atoms with Crippen LogP contribution in [0, 0.1) is 11.8 Å². The molecule has 0 saturated heterocycles. The lowest BCUT2D eigenvalue weighted by atomic mass is 10.5. The van der Waals surface area contributed by atoms with Crippen LogP contribution in [-0.4, -0.2) is 4.98 Å². The molecule has 0 radical (unpaired) electrons. The molecule has 1 heterocycles. The zero-order valence-corrected chi connectivity index (χ0v) is 6.75. The summed E-state index contributed by atoms with van der Waals surface area (Å²) in [6, 6.07) is 3.59. The molecule has 0 spiro atoms. The summed E-state index contributed by atoms with van der Waals surface area (Å²) < 4.78 is 0.951. The van der Waals surface area contributed by atoms with Crippen LogP contribution < -0.4 is 5.73 Å². The van der Waals surface area contributed by atoms with E-state index in [1.54, 1.807) is 12.3 Å². The number of nitriles is 1. The van der Waals surface area contributed by atoms with E-state index in [0.29, 0.717) is 5.82 Å². The zero-order chi connectivity index (χ0) is 7.98.